The quantitative estimate of drug-likeness (QED) is 0.666. The summed E-state index contributed by atoms with van der Waals surface area (Å²) >= 11 is 0. The Balaban J connectivity index is 0.000000956. The van der Waals surface area contributed by atoms with Crippen molar-refractivity contribution in [2.45, 2.75) is 52.7 Å². The number of nitrogens with one attached hydrogen (secondary N) is 1. The zero-order valence-corrected chi connectivity index (χ0v) is 13.4. The smallest absolute Gasteiger partial charge is 0.465 e. The molecule has 0 bridgehead atoms. The van der Waals surface area contributed by atoms with Gasteiger partial charge in [-0.05, 0) is 33.8 Å². The highest BCUT2D eigenvalue weighted by Gasteiger charge is 2.52. The molecule has 0 saturated carbocycles. The van der Waals surface area contributed by atoms with Crippen LogP contribution in [0.4, 0.5) is 0 Å². The number of esters is 1. The molecule has 1 aromatic rings. The molecule has 0 spiro atoms. The van der Waals surface area contributed by atoms with Crippen LogP contribution in [-0.2, 0) is 14.0 Å². The number of hydrogen-bond acceptors (Lipinski definition) is 4. The van der Waals surface area contributed by atoms with Gasteiger partial charge in [0.2, 0.25) is 0 Å². The fourth-order valence-corrected chi connectivity index (χ4v) is 1.75. The minimum Gasteiger partial charge on any atom is -0.465 e. The van der Waals surface area contributed by atoms with Crippen LogP contribution in [0.25, 0.3) is 0 Å². The van der Waals surface area contributed by atoms with Gasteiger partial charge < -0.3 is 19.0 Å². The predicted molar refractivity (Wildman–Crippen MR) is 79.2 cm³/mol. The molecule has 2 rings (SSSR count). The molecule has 0 radical (unpaired) electrons. The van der Waals surface area contributed by atoms with E-state index in [9.17, 15) is 4.79 Å². The monoisotopic (exact) mass is 281 g/mol. The average molecular weight is 281 g/mol. The van der Waals surface area contributed by atoms with Crippen molar-refractivity contribution in [1.29, 1.82) is 0 Å². The van der Waals surface area contributed by atoms with Crippen molar-refractivity contribution in [3.63, 3.8) is 0 Å². The number of H-pyrrole nitrogens is 1. The standard InChI is InChI=1S/C12H18BNO4.C2H6/c1-11(2)12(3,4)18-13(17-11)9-6-8(7-14-9)10(15)16-5;1-2/h6-7,14H,1-5H3;1-2H3. The highest BCUT2D eigenvalue weighted by Crippen LogP contribution is 2.36. The van der Waals surface area contributed by atoms with Gasteiger partial charge in [-0.2, -0.15) is 0 Å². The lowest BCUT2D eigenvalue weighted by Gasteiger charge is -2.32. The Bertz CT molecular complexity index is 451. The lowest BCUT2D eigenvalue weighted by Crippen LogP contribution is -2.41. The Labute approximate surface area is 121 Å². The third-order valence-corrected chi connectivity index (χ3v) is 3.63. The van der Waals surface area contributed by atoms with E-state index in [1.165, 1.54) is 7.11 Å². The van der Waals surface area contributed by atoms with Crippen molar-refractivity contribution >= 4 is 18.7 Å². The average Bonchev–Trinajstić information content (AvgIpc) is 2.95. The van der Waals surface area contributed by atoms with Gasteiger partial charge in [0.15, 0.2) is 0 Å². The zero-order chi connectivity index (χ0) is 15.6. The molecule has 0 aromatic carbocycles. The van der Waals surface area contributed by atoms with E-state index < -0.39 is 18.3 Å². The Morgan fingerprint density at radius 3 is 2.15 bits per heavy atom. The maximum absolute atomic E-state index is 11.4. The highest BCUT2D eigenvalue weighted by atomic mass is 16.7. The molecular formula is C14H24BNO4. The van der Waals surface area contributed by atoms with Gasteiger partial charge >= 0.3 is 13.1 Å². The molecule has 0 unspecified atom stereocenters. The molecule has 1 aliphatic rings. The Hall–Kier alpha value is -1.27. The van der Waals surface area contributed by atoms with Crippen molar-refractivity contribution in [2.24, 2.45) is 0 Å². The molecular weight excluding hydrogens is 257 g/mol. The van der Waals surface area contributed by atoms with E-state index in [-0.39, 0.29) is 5.97 Å². The normalized spacial score (nSPS) is 19.2. The third-order valence-electron chi connectivity index (χ3n) is 3.63. The van der Waals surface area contributed by atoms with Crippen LogP contribution in [0.3, 0.4) is 0 Å². The van der Waals surface area contributed by atoms with Gasteiger partial charge in [0.05, 0.1) is 23.9 Å². The van der Waals surface area contributed by atoms with Gasteiger partial charge in [0.1, 0.15) is 0 Å². The van der Waals surface area contributed by atoms with E-state index in [2.05, 4.69) is 9.72 Å². The van der Waals surface area contributed by atoms with E-state index in [0.29, 0.717) is 11.2 Å². The van der Waals surface area contributed by atoms with Crippen molar-refractivity contribution in [1.82, 2.24) is 4.98 Å². The van der Waals surface area contributed by atoms with Crippen LogP contribution in [0, 0.1) is 0 Å². The first kappa shape index (κ1) is 16.8. The summed E-state index contributed by atoms with van der Waals surface area (Å²) in [6.45, 7) is 11.9. The number of methoxy groups -OCH3 is 1. The summed E-state index contributed by atoms with van der Waals surface area (Å²) in [6.07, 6.45) is 1.59. The first-order valence-electron chi connectivity index (χ1n) is 6.89. The zero-order valence-electron chi connectivity index (χ0n) is 13.4. The lowest BCUT2D eigenvalue weighted by atomic mass is 9.85. The van der Waals surface area contributed by atoms with E-state index in [0.717, 1.165) is 0 Å². The molecule has 6 heteroatoms. The first-order valence-corrected chi connectivity index (χ1v) is 6.89. The molecule has 0 atom stereocenters. The largest absolute Gasteiger partial charge is 0.512 e. The Morgan fingerprint density at radius 1 is 1.20 bits per heavy atom. The first-order chi connectivity index (χ1) is 9.27. The van der Waals surface area contributed by atoms with Crippen molar-refractivity contribution in [3.05, 3.63) is 17.8 Å². The highest BCUT2D eigenvalue weighted by molar-refractivity contribution is 6.61. The molecule has 112 valence electrons. The molecule has 1 fully saturated rings. The number of ether oxygens (including phenoxy) is 1. The van der Waals surface area contributed by atoms with Crippen molar-refractivity contribution in [2.75, 3.05) is 7.11 Å². The summed E-state index contributed by atoms with van der Waals surface area (Å²) in [5.41, 5.74) is 0.388. The minimum atomic E-state index is -0.492. The summed E-state index contributed by atoms with van der Waals surface area (Å²) in [7, 11) is 0.859. The lowest BCUT2D eigenvalue weighted by molar-refractivity contribution is 0.00578. The maximum atomic E-state index is 11.4. The second-order valence-electron chi connectivity index (χ2n) is 5.42. The molecule has 1 aliphatic heterocycles. The number of hydrogen-bond donors (Lipinski definition) is 1. The van der Waals surface area contributed by atoms with E-state index in [1.807, 2.05) is 41.5 Å². The molecule has 1 N–H and O–H groups in total. The SMILES string of the molecule is CC.COC(=O)c1c[nH]c(B2OC(C)(C)C(C)(C)O2)c1. The fourth-order valence-electron chi connectivity index (χ4n) is 1.75. The second-order valence-corrected chi connectivity index (χ2v) is 5.42. The summed E-state index contributed by atoms with van der Waals surface area (Å²) in [4.78, 5) is 14.4. The van der Waals surface area contributed by atoms with Crippen LogP contribution in [0.1, 0.15) is 51.9 Å². The van der Waals surface area contributed by atoms with Crippen molar-refractivity contribution < 1.29 is 18.8 Å². The topological polar surface area (TPSA) is 60.6 Å². The van der Waals surface area contributed by atoms with Crippen LogP contribution in [0.15, 0.2) is 12.3 Å². The number of aromatic amines is 1. The summed E-state index contributed by atoms with van der Waals surface area (Å²) in [5.74, 6) is -0.381. The third kappa shape index (κ3) is 3.07. The molecule has 1 aromatic heterocycles. The fraction of sp³-hybridized carbons (Fsp3) is 0.643. The number of rotatable bonds is 2. The van der Waals surface area contributed by atoms with E-state index >= 15 is 0 Å². The van der Waals surface area contributed by atoms with Gasteiger partial charge in [-0.25, -0.2) is 4.79 Å². The summed E-state index contributed by atoms with van der Waals surface area (Å²) < 4.78 is 16.4. The predicted octanol–water partition coefficient (Wildman–Crippen LogP) is 2.13. The minimum absolute atomic E-state index is 0.381. The summed E-state index contributed by atoms with van der Waals surface area (Å²) in [5, 5.41) is 0. The number of carbonyl (C=O) groups excluding carboxylic acids is 1. The molecule has 0 aliphatic carbocycles. The molecule has 1 saturated heterocycles. The van der Waals surface area contributed by atoms with Gasteiger partial charge in [0.25, 0.3) is 0 Å². The van der Waals surface area contributed by atoms with Crippen LogP contribution in [0.5, 0.6) is 0 Å². The Kier molecular flexibility index (Phi) is 5.05. The summed E-state index contributed by atoms with van der Waals surface area (Å²) in [6, 6.07) is 1.69. The molecule has 2 heterocycles. The number of aromatic nitrogens is 1. The molecule has 20 heavy (non-hydrogen) atoms. The second kappa shape index (κ2) is 6.02. The maximum Gasteiger partial charge on any atom is 0.512 e. The van der Waals surface area contributed by atoms with Crippen LogP contribution in [0.2, 0.25) is 0 Å². The van der Waals surface area contributed by atoms with Gasteiger partial charge in [-0.1, -0.05) is 13.8 Å². The Morgan fingerprint density at radius 2 is 1.70 bits per heavy atom. The van der Waals surface area contributed by atoms with Crippen LogP contribution in [-0.4, -0.2) is 36.4 Å². The van der Waals surface area contributed by atoms with E-state index in [1.54, 1.807) is 12.3 Å². The molecule has 5 nitrogen and oxygen atoms in total. The van der Waals surface area contributed by atoms with Gasteiger partial charge in [0, 0.05) is 11.8 Å². The van der Waals surface area contributed by atoms with Gasteiger partial charge in [-0.3, -0.25) is 0 Å². The van der Waals surface area contributed by atoms with Crippen LogP contribution < -0.4 is 5.59 Å². The van der Waals surface area contributed by atoms with Crippen molar-refractivity contribution in [3.8, 4) is 0 Å². The van der Waals surface area contributed by atoms with E-state index in [4.69, 9.17) is 9.31 Å². The van der Waals surface area contributed by atoms with Crippen LogP contribution >= 0.6 is 0 Å². The number of carbonyl (C=O) groups is 1. The van der Waals surface area contributed by atoms with Gasteiger partial charge in [-0.15, -0.1) is 0 Å². The molecule has 0 amide bonds.